The van der Waals surface area contributed by atoms with E-state index in [4.69, 9.17) is 12.2 Å². The van der Waals surface area contributed by atoms with Crippen LogP contribution in [0.5, 0.6) is 5.75 Å². The number of benzene rings is 2. The maximum absolute atomic E-state index is 14.6. The lowest BCUT2D eigenvalue weighted by Gasteiger charge is -2.20. The van der Waals surface area contributed by atoms with E-state index < -0.39 is 79.1 Å². The van der Waals surface area contributed by atoms with Crippen LogP contribution in [0.1, 0.15) is 26.8 Å². The number of nitrogens with zero attached hydrogens (tertiary/aromatic N) is 4. The monoisotopic (exact) mass is 699 g/mol. The number of halogens is 3. The summed E-state index contributed by atoms with van der Waals surface area (Å²) >= 11 is 0. The maximum Gasteiger partial charge on any atom is 0.416 e. The average molecular weight is 700 g/mol. The first kappa shape index (κ1) is 33.8. The van der Waals surface area contributed by atoms with Crippen molar-refractivity contribution in [3.8, 4) is 5.75 Å². The molecule has 4 rings (SSSR count). The summed E-state index contributed by atoms with van der Waals surface area (Å²) in [5.74, 6) is -4.52. The molecule has 1 unspecified atom stereocenters. The fourth-order valence-corrected chi connectivity index (χ4v) is 4.58. The molecule has 13 nitrogen and oxygen atoms in total. The SMILES string of the molecule is [2H]C([2H])(C/C=C/C(=O)N(C)C)C(OC(=O)N(C)C)C(=O)Nc1cccn(Cc2cc3cc(F)cc(OCc4ccc(F)cc4F)c3n2C(=O)O)c1=O. The van der Waals surface area contributed by atoms with Gasteiger partial charge in [0.2, 0.25) is 5.91 Å². The zero-order valence-corrected chi connectivity index (χ0v) is 27.3. The Morgan fingerprint density at radius 2 is 1.76 bits per heavy atom. The zero-order chi connectivity index (χ0) is 38.5. The highest BCUT2D eigenvalue weighted by Crippen LogP contribution is 2.32. The molecule has 2 heterocycles. The maximum atomic E-state index is 14.6. The summed E-state index contributed by atoms with van der Waals surface area (Å²) in [5.41, 5.74) is -1.52. The second kappa shape index (κ2) is 15.9. The van der Waals surface area contributed by atoms with Gasteiger partial charge in [0.05, 0.1) is 12.2 Å². The summed E-state index contributed by atoms with van der Waals surface area (Å²) in [6, 6.07) is 8.48. The van der Waals surface area contributed by atoms with E-state index in [0.29, 0.717) is 6.07 Å². The third-order valence-corrected chi connectivity index (χ3v) is 7.05. The number of fused-ring (bicyclic) bond motifs is 1. The highest BCUT2D eigenvalue weighted by molar-refractivity contribution is 5.95. The molecule has 0 saturated carbocycles. The second-order valence-electron chi connectivity index (χ2n) is 11.2. The van der Waals surface area contributed by atoms with Crippen LogP contribution < -0.4 is 15.6 Å². The van der Waals surface area contributed by atoms with Gasteiger partial charge < -0.3 is 34.3 Å². The fraction of sp³-hybridized carbons (Fsp3) is 0.265. The first-order chi connectivity index (χ1) is 24.4. The molecule has 0 fully saturated rings. The molecule has 2 aromatic carbocycles. The Morgan fingerprint density at radius 1 is 1.02 bits per heavy atom. The Balaban J connectivity index is 1.65. The second-order valence-corrected chi connectivity index (χ2v) is 11.2. The van der Waals surface area contributed by atoms with E-state index in [2.05, 4.69) is 5.32 Å². The number of carboxylic acid groups (broad SMARTS) is 1. The summed E-state index contributed by atoms with van der Waals surface area (Å²) in [4.78, 5) is 66.0. The molecule has 4 aromatic rings. The predicted octanol–water partition coefficient (Wildman–Crippen LogP) is 4.80. The Hall–Kier alpha value is -6.06. The van der Waals surface area contributed by atoms with Gasteiger partial charge in [0.25, 0.3) is 11.5 Å². The van der Waals surface area contributed by atoms with Gasteiger partial charge in [0, 0.05) is 60.2 Å². The molecule has 1 atom stereocenters. The molecular weight excluding hydrogens is 663 g/mol. The minimum Gasteiger partial charge on any atom is -0.486 e. The van der Waals surface area contributed by atoms with Crippen LogP contribution in [0.4, 0.5) is 28.4 Å². The van der Waals surface area contributed by atoms with Crippen molar-refractivity contribution in [2.75, 3.05) is 33.5 Å². The fourth-order valence-electron chi connectivity index (χ4n) is 4.58. The highest BCUT2D eigenvalue weighted by atomic mass is 19.1. The number of allylic oxidation sites excluding steroid dienone is 1. The van der Waals surface area contributed by atoms with Crippen molar-refractivity contribution in [1.29, 1.82) is 0 Å². The van der Waals surface area contributed by atoms with Crippen molar-refractivity contribution in [3.05, 3.63) is 106 Å². The van der Waals surface area contributed by atoms with Gasteiger partial charge in [-0.25, -0.2) is 27.3 Å². The molecule has 0 aliphatic carbocycles. The smallest absolute Gasteiger partial charge is 0.416 e. The minimum atomic E-state index is -2.56. The molecule has 264 valence electrons. The molecule has 0 bridgehead atoms. The molecule has 2 N–H and O–H groups in total. The van der Waals surface area contributed by atoms with Crippen molar-refractivity contribution >= 4 is 40.6 Å². The summed E-state index contributed by atoms with van der Waals surface area (Å²) in [6.07, 6.45) is -4.27. The zero-order valence-electron chi connectivity index (χ0n) is 29.3. The molecule has 0 radical (unpaired) electrons. The number of pyridine rings is 1. The Morgan fingerprint density at radius 3 is 2.42 bits per heavy atom. The normalized spacial score (nSPS) is 12.6. The van der Waals surface area contributed by atoms with Crippen molar-refractivity contribution in [1.82, 2.24) is 18.9 Å². The average Bonchev–Trinajstić information content (AvgIpc) is 3.42. The van der Waals surface area contributed by atoms with Gasteiger partial charge in [0.15, 0.2) is 6.10 Å². The van der Waals surface area contributed by atoms with E-state index in [1.165, 1.54) is 63.6 Å². The number of carbonyl (C=O) groups is 4. The standard InChI is InChI=1S/C34H34F3N5O8/c1-39(2)29(43)10-6-5-9-27(50-34(48)40(3)4)31(44)38-26-8-7-13-41(32(26)45)18-24-15-21-14-23(36)17-28(30(21)42(24)33(46)47)49-19-20-11-12-22(35)16-25(20)37/h6-8,10-17,27H,5,9,18-19H2,1-4H3,(H,38,44)(H,46,47)/b10-6+/i9D2. The highest BCUT2D eigenvalue weighted by Gasteiger charge is 2.25. The number of ether oxygens (including phenoxy) is 2. The number of aromatic nitrogens is 2. The molecule has 2 aromatic heterocycles. The first-order valence-electron chi connectivity index (χ1n) is 15.8. The number of amides is 3. The van der Waals surface area contributed by atoms with Crippen molar-refractivity contribution in [2.24, 2.45) is 0 Å². The van der Waals surface area contributed by atoms with Crippen LogP contribution in [0.3, 0.4) is 0 Å². The van der Waals surface area contributed by atoms with Crippen molar-refractivity contribution in [2.45, 2.75) is 32.0 Å². The van der Waals surface area contributed by atoms with E-state index in [1.807, 2.05) is 0 Å². The number of nitrogens with one attached hydrogen (secondary N) is 1. The Bertz CT molecular complexity index is 2120. The third kappa shape index (κ3) is 8.89. The summed E-state index contributed by atoms with van der Waals surface area (Å²) in [7, 11) is 5.58. The Kier molecular flexibility index (Phi) is 10.8. The van der Waals surface area contributed by atoms with Gasteiger partial charge in [-0.2, -0.15) is 0 Å². The van der Waals surface area contributed by atoms with Crippen LogP contribution >= 0.6 is 0 Å². The molecule has 0 aliphatic rings. The number of anilines is 1. The van der Waals surface area contributed by atoms with Crippen LogP contribution in [-0.2, 0) is 27.5 Å². The number of likely N-dealkylation sites (N-methyl/N-ethyl adjacent to an activating group) is 1. The van der Waals surface area contributed by atoms with Crippen molar-refractivity contribution < 1.29 is 49.7 Å². The lowest BCUT2D eigenvalue weighted by atomic mass is 10.1. The number of hydrogen-bond donors (Lipinski definition) is 2. The van der Waals surface area contributed by atoms with Crippen LogP contribution in [-0.4, -0.2) is 82.3 Å². The molecule has 3 amide bonds. The van der Waals surface area contributed by atoms with Crippen LogP contribution in [0.25, 0.3) is 10.9 Å². The quantitative estimate of drug-likeness (QED) is 0.200. The van der Waals surface area contributed by atoms with Crippen LogP contribution in [0.15, 0.2) is 71.7 Å². The van der Waals surface area contributed by atoms with E-state index >= 15 is 0 Å². The van der Waals surface area contributed by atoms with Crippen LogP contribution in [0.2, 0.25) is 0 Å². The van der Waals surface area contributed by atoms with Crippen molar-refractivity contribution in [3.63, 3.8) is 0 Å². The van der Waals surface area contributed by atoms with Gasteiger partial charge >= 0.3 is 12.2 Å². The molecule has 0 spiro atoms. The summed E-state index contributed by atoms with van der Waals surface area (Å²) < 4.78 is 71.7. The molecule has 50 heavy (non-hydrogen) atoms. The minimum absolute atomic E-state index is 0.0512. The largest absolute Gasteiger partial charge is 0.486 e. The van der Waals surface area contributed by atoms with E-state index in [-0.39, 0.29) is 33.6 Å². The molecule has 16 heteroatoms. The van der Waals surface area contributed by atoms with Crippen LogP contribution in [0, 0.1) is 17.5 Å². The first-order valence-corrected chi connectivity index (χ1v) is 14.8. The number of carbonyl (C=O) groups excluding carboxylic acids is 3. The molecule has 0 saturated heterocycles. The van der Waals surface area contributed by atoms with E-state index in [9.17, 15) is 42.3 Å². The number of rotatable bonds is 12. The van der Waals surface area contributed by atoms with Gasteiger partial charge in [-0.1, -0.05) is 6.08 Å². The van der Waals surface area contributed by atoms with E-state index in [0.717, 1.165) is 44.4 Å². The van der Waals surface area contributed by atoms with Gasteiger partial charge in [-0.15, -0.1) is 0 Å². The van der Waals surface area contributed by atoms with Gasteiger partial charge in [-0.05, 0) is 55.3 Å². The van der Waals surface area contributed by atoms with Gasteiger partial charge in [0.1, 0.15) is 41.0 Å². The number of hydrogen-bond acceptors (Lipinski definition) is 7. The lowest BCUT2D eigenvalue weighted by molar-refractivity contribution is -0.125. The summed E-state index contributed by atoms with van der Waals surface area (Å²) in [6.45, 7) is -0.943. The lowest BCUT2D eigenvalue weighted by Crippen LogP contribution is -2.37. The van der Waals surface area contributed by atoms with Gasteiger partial charge in [-0.3, -0.25) is 14.4 Å². The molecule has 0 aliphatic heterocycles. The third-order valence-electron chi connectivity index (χ3n) is 7.05. The molecular formula is C34H34F3N5O8. The topological polar surface area (TPSA) is 152 Å². The van der Waals surface area contributed by atoms with E-state index in [1.54, 1.807) is 0 Å². The summed E-state index contributed by atoms with van der Waals surface area (Å²) in [5, 5.41) is 12.5. The predicted molar refractivity (Wildman–Crippen MR) is 175 cm³/mol. The Labute approximate surface area is 286 Å².